The number of nitrogens with one attached hydrogen (secondary N) is 1. The zero-order chi connectivity index (χ0) is 8.81. The van der Waals surface area contributed by atoms with Gasteiger partial charge in [-0.3, -0.25) is 0 Å². The lowest BCUT2D eigenvalue weighted by molar-refractivity contribution is 0.292. The van der Waals surface area contributed by atoms with Crippen LogP contribution in [0.2, 0.25) is 0 Å². The SMILES string of the molecule is COc1ccc(CNCCO)s1. The first-order valence-corrected chi connectivity index (χ1v) is 4.62. The largest absolute Gasteiger partial charge is 0.487 e. The van der Waals surface area contributed by atoms with E-state index in [0.717, 1.165) is 11.6 Å². The normalized spacial score (nSPS) is 10.2. The predicted molar refractivity (Wildman–Crippen MR) is 49.7 cm³/mol. The summed E-state index contributed by atoms with van der Waals surface area (Å²) < 4.78 is 5.04. The molecule has 0 saturated heterocycles. The first kappa shape index (κ1) is 9.51. The second kappa shape index (κ2) is 5.13. The third-order valence-corrected chi connectivity index (χ3v) is 2.47. The fourth-order valence-electron chi connectivity index (χ4n) is 0.854. The molecular weight excluding hydrogens is 174 g/mol. The van der Waals surface area contributed by atoms with Crippen molar-refractivity contribution in [3.05, 3.63) is 17.0 Å². The smallest absolute Gasteiger partial charge is 0.173 e. The summed E-state index contributed by atoms with van der Waals surface area (Å²) in [6.45, 7) is 1.62. The molecule has 0 spiro atoms. The summed E-state index contributed by atoms with van der Waals surface area (Å²) >= 11 is 1.62. The van der Waals surface area contributed by atoms with E-state index in [-0.39, 0.29) is 6.61 Å². The van der Waals surface area contributed by atoms with Crippen LogP contribution in [-0.2, 0) is 6.54 Å². The van der Waals surface area contributed by atoms with E-state index in [1.807, 2.05) is 12.1 Å². The van der Waals surface area contributed by atoms with E-state index in [9.17, 15) is 0 Å². The summed E-state index contributed by atoms with van der Waals surface area (Å²) in [6, 6.07) is 3.97. The van der Waals surface area contributed by atoms with Gasteiger partial charge in [-0.05, 0) is 12.1 Å². The van der Waals surface area contributed by atoms with Gasteiger partial charge in [-0.2, -0.15) is 0 Å². The van der Waals surface area contributed by atoms with Crippen LogP contribution in [0.4, 0.5) is 0 Å². The number of aliphatic hydroxyl groups excluding tert-OH is 1. The van der Waals surface area contributed by atoms with Crippen LogP contribution in [0.1, 0.15) is 4.88 Å². The lowest BCUT2D eigenvalue weighted by Gasteiger charge is -1.98. The lowest BCUT2D eigenvalue weighted by Crippen LogP contribution is -2.16. The van der Waals surface area contributed by atoms with Crippen LogP contribution in [0.5, 0.6) is 5.06 Å². The van der Waals surface area contributed by atoms with Crippen LogP contribution in [0.15, 0.2) is 12.1 Å². The minimum atomic E-state index is 0.183. The maximum Gasteiger partial charge on any atom is 0.173 e. The van der Waals surface area contributed by atoms with Crippen molar-refractivity contribution in [1.82, 2.24) is 5.32 Å². The molecule has 4 heteroatoms. The lowest BCUT2D eigenvalue weighted by atomic mass is 10.4. The molecule has 0 bridgehead atoms. The Morgan fingerprint density at radius 3 is 3.00 bits per heavy atom. The van der Waals surface area contributed by atoms with Gasteiger partial charge in [-0.1, -0.05) is 0 Å². The minimum absolute atomic E-state index is 0.183. The van der Waals surface area contributed by atoms with E-state index in [1.165, 1.54) is 4.88 Å². The van der Waals surface area contributed by atoms with Crippen molar-refractivity contribution in [1.29, 1.82) is 0 Å². The van der Waals surface area contributed by atoms with Crippen LogP contribution >= 0.6 is 11.3 Å². The maximum atomic E-state index is 8.51. The van der Waals surface area contributed by atoms with Gasteiger partial charge < -0.3 is 15.2 Å². The summed E-state index contributed by atoms with van der Waals surface area (Å²) in [6.07, 6.45) is 0. The molecule has 0 aromatic carbocycles. The van der Waals surface area contributed by atoms with E-state index < -0.39 is 0 Å². The molecular formula is C8H13NO2S. The molecule has 0 unspecified atom stereocenters. The van der Waals surface area contributed by atoms with Crippen LogP contribution in [-0.4, -0.2) is 25.4 Å². The zero-order valence-corrected chi connectivity index (χ0v) is 7.86. The molecule has 2 N–H and O–H groups in total. The molecule has 1 heterocycles. The highest BCUT2D eigenvalue weighted by Crippen LogP contribution is 2.23. The molecule has 12 heavy (non-hydrogen) atoms. The third kappa shape index (κ3) is 2.81. The fourth-order valence-corrected chi connectivity index (χ4v) is 1.64. The fraction of sp³-hybridized carbons (Fsp3) is 0.500. The van der Waals surface area contributed by atoms with Gasteiger partial charge in [0.2, 0.25) is 0 Å². The molecule has 0 fully saturated rings. The summed E-state index contributed by atoms with van der Waals surface area (Å²) in [5.41, 5.74) is 0. The van der Waals surface area contributed by atoms with E-state index in [0.29, 0.717) is 6.54 Å². The monoisotopic (exact) mass is 187 g/mol. The van der Waals surface area contributed by atoms with Gasteiger partial charge in [0, 0.05) is 18.0 Å². The van der Waals surface area contributed by atoms with Gasteiger partial charge in [-0.15, -0.1) is 11.3 Å². The summed E-state index contributed by atoms with van der Waals surface area (Å²) in [5, 5.41) is 12.5. The number of rotatable bonds is 5. The van der Waals surface area contributed by atoms with Crippen LogP contribution in [0.3, 0.4) is 0 Å². The van der Waals surface area contributed by atoms with E-state index in [2.05, 4.69) is 5.32 Å². The molecule has 1 aromatic heterocycles. The van der Waals surface area contributed by atoms with Gasteiger partial charge in [0.25, 0.3) is 0 Å². The summed E-state index contributed by atoms with van der Waals surface area (Å²) in [5.74, 6) is 0. The van der Waals surface area contributed by atoms with Crippen molar-refractivity contribution in [3.8, 4) is 5.06 Å². The molecule has 1 aromatic rings. The quantitative estimate of drug-likeness (QED) is 0.671. The molecule has 0 aliphatic heterocycles. The average Bonchev–Trinajstić information content (AvgIpc) is 2.53. The molecule has 68 valence electrons. The molecule has 0 aliphatic rings. The molecule has 3 nitrogen and oxygen atoms in total. The van der Waals surface area contributed by atoms with Crippen LogP contribution < -0.4 is 10.1 Å². The predicted octanol–water partition coefficient (Wildman–Crippen LogP) is 0.839. The standard InChI is InChI=1S/C8H13NO2S/c1-11-8-3-2-7(12-8)6-9-4-5-10/h2-3,9-10H,4-6H2,1H3. The van der Waals surface area contributed by atoms with E-state index in [4.69, 9.17) is 9.84 Å². The zero-order valence-electron chi connectivity index (χ0n) is 7.04. The van der Waals surface area contributed by atoms with Crippen LogP contribution in [0, 0.1) is 0 Å². The Balaban J connectivity index is 2.31. The number of hydrogen-bond donors (Lipinski definition) is 2. The molecule has 0 amide bonds. The van der Waals surface area contributed by atoms with Gasteiger partial charge in [0.1, 0.15) is 0 Å². The number of methoxy groups -OCH3 is 1. The van der Waals surface area contributed by atoms with Crippen LogP contribution in [0.25, 0.3) is 0 Å². The summed E-state index contributed by atoms with van der Waals surface area (Å²) in [7, 11) is 1.66. The molecule has 1 rings (SSSR count). The highest BCUT2D eigenvalue weighted by molar-refractivity contribution is 7.13. The van der Waals surface area contributed by atoms with Gasteiger partial charge in [-0.25, -0.2) is 0 Å². The van der Waals surface area contributed by atoms with Gasteiger partial charge in [0.15, 0.2) is 5.06 Å². The Kier molecular flexibility index (Phi) is 4.07. The molecule has 0 atom stereocenters. The number of hydrogen-bond acceptors (Lipinski definition) is 4. The van der Waals surface area contributed by atoms with Crippen molar-refractivity contribution in [2.45, 2.75) is 6.54 Å². The number of aliphatic hydroxyl groups is 1. The van der Waals surface area contributed by atoms with Crippen molar-refractivity contribution in [2.75, 3.05) is 20.3 Å². The van der Waals surface area contributed by atoms with E-state index in [1.54, 1.807) is 18.4 Å². The second-order valence-electron chi connectivity index (χ2n) is 2.33. The molecule has 0 radical (unpaired) electrons. The van der Waals surface area contributed by atoms with Gasteiger partial charge in [0.05, 0.1) is 13.7 Å². The average molecular weight is 187 g/mol. The van der Waals surface area contributed by atoms with Crippen molar-refractivity contribution < 1.29 is 9.84 Å². The number of ether oxygens (including phenoxy) is 1. The Morgan fingerprint density at radius 1 is 1.58 bits per heavy atom. The Labute approximate surface area is 76.0 Å². The maximum absolute atomic E-state index is 8.51. The highest BCUT2D eigenvalue weighted by Gasteiger charge is 1.97. The van der Waals surface area contributed by atoms with E-state index >= 15 is 0 Å². The molecule has 0 saturated carbocycles. The third-order valence-electron chi connectivity index (χ3n) is 1.43. The topological polar surface area (TPSA) is 41.5 Å². The van der Waals surface area contributed by atoms with Crippen molar-refractivity contribution in [3.63, 3.8) is 0 Å². The Morgan fingerprint density at radius 2 is 2.42 bits per heavy atom. The first-order chi connectivity index (χ1) is 5.86. The second-order valence-corrected chi connectivity index (χ2v) is 3.46. The first-order valence-electron chi connectivity index (χ1n) is 3.81. The number of thiophene rings is 1. The Bertz CT molecular complexity index is 225. The minimum Gasteiger partial charge on any atom is -0.487 e. The van der Waals surface area contributed by atoms with Crippen molar-refractivity contribution >= 4 is 11.3 Å². The Hall–Kier alpha value is -0.580. The van der Waals surface area contributed by atoms with Gasteiger partial charge >= 0.3 is 0 Å². The summed E-state index contributed by atoms with van der Waals surface area (Å²) in [4.78, 5) is 1.22. The molecule has 0 aliphatic carbocycles. The van der Waals surface area contributed by atoms with Crippen molar-refractivity contribution in [2.24, 2.45) is 0 Å². The highest BCUT2D eigenvalue weighted by atomic mass is 32.1.